The molecule has 0 radical (unpaired) electrons. The van der Waals surface area contributed by atoms with Crippen LogP contribution in [0.25, 0.3) is 20.4 Å². The minimum atomic E-state index is -4.34. The van der Waals surface area contributed by atoms with Crippen molar-refractivity contribution in [2.75, 3.05) is 0 Å². The quantitative estimate of drug-likeness (QED) is 0.162. The Labute approximate surface area is 231 Å². The van der Waals surface area contributed by atoms with Gasteiger partial charge in [0.2, 0.25) is 9.60 Å². The lowest BCUT2D eigenvalue weighted by Gasteiger charge is -2.08. The Morgan fingerprint density at radius 2 is 1.31 bits per heavy atom. The molecular formula is C24H22N4O7S4. The fourth-order valence-electron chi connectivity index (χ4n) is 3.97. The molecule has 0 saturated heterocycles. The third-order valence-electron chi connectivity index (χ3n) is 5.81. The maximum Gasteiger partial charge on any atom is 0.339 e. The van der Waals surface area contributed by atoms with Crippen LogP contribution in [0.15, 0.2) is 80.7 Å². The van der Waals surface area contributed by atoms with Crippen LogP contribution < -0.4 is 13.8 Å². The second-order valence-electron chi connectivity index (χ2n) is 8.20. The molecule has 0 aliphatic carbocycles. The summed E-state index contributed by atoms with van der Waals surface area (Å²) in [7, 11) is -8.55. The molecule has 0 aliphatic heterocycles. The first-order chi connectivity index (χ1) is 18.5. The number of aryl methyl sites for hydroxylation is 2. The van der Waals surface area contributed by atoms with Crippen molar-refractivity contribution < 1.29 is 30.7 Å². The average Bonchev–Trinajstić information content (AvgIpc) is 3.43. The summed E-state index contributed by atoms with van der Waals surface area (Å²) in [6, 6.07) is 14.7. The first-order valence-corrected chi connectivity index (χ1v) is 16.0. The molecule has 0 amide bonds. The lowest BCUT2D eigenvalue weighted by atomic mass is 10.3. The van der Waals surface area contributed by atoms with E-state index in [1.165, 1.54) is 59.1 Å². The van der Waals surface area contributed by atoms with Gasteiger partial charge in [-0.2, -0.15) is 16.8 Å². The largest absolute Gasteiger partial charge is 0.504 e. The molecule has 0 saturated carbocycles. The Balaban J connectivity index is 1.60. The number of aromatic hydroxyl groups is 1. The molecule has 0 unspecified atom stereocenters. The molecule has 0 bridgehead atoms. The number of benzene rings is 3. The van der Waals surface area contributed by atoms with Crippen LogP contribution in [0.5, 0.6) is 11.5 Å². The maximum atomic E-state index is 12.9. The van der Waals surface area contributed by atoms with Gasteiger partial charge in [-0.1, -0.05) is 34.8 Å². The Bertz CT molecular complexity index is 2090. The van der Waals surface area contributed by atoms with Crippen LogP contribution in [0.1, 0.15) is 13.8 Å². The van der Waals surface area contributed by atoms with Gasteiger partial charge in [-0.3, -0.25) is 4.55 Å². The summed E-state index contributed by atoms with van der Waals surface area (Å²) in [5.41, 5.74) is 1.51. The van der Waals surface area contributed by atoms with Crippen molar-refractivity contribution in [1.29, 1.82) is 0 Å². The number of para-hydroxylation sites is 2. The molecule has 5 aromatic rings. The van der Waals surface area contributed by atoms with Crippen LogP contribution in [0.4, 0.5) is 0 Å². The zero-order valence-electron chi connectivity index (χ0n) is 20.5. The van der Waals surface area contributed by atoms with E-state index in [-0.39, 0.29) is 21.3 Å². The van der Waals surface area contributed by atoms with Crippen molar-refractivity contribution >= 4 is 63.3 Å². The normalized spacial score (nSPS) is 13.5. The molecule has 3 aromatic carbocycles. The van der Waals surface area contributed by atoms with E-state index in [1.54, 1.807) is 24.3 Å². The Hall–Kier alpha value is -3.50. The Kier molecular flexibility index (Phi) is 7.11. The third-order valence-corrected chi connectivity index (χ3v) is 9.96. The number of rotatable bonds is 7. The summed E-state index contributed by atoms with van der Waals surface area (Å²) in [5, 5.41) is 18.8. The second kappa shape index (κ2) is 10.2. The van der Waals surface area contributed by atoms with E-state index in [2.05, 4.69) is 10.2 Å². The minimum absolute atomic E-state index is 0.0748. The molecule has 2 N–H and O–H groups in total. The van der Waals surface area contributed by atoms with E-state index in [4.69, 9.17) is 4.18 Å². The number of phenols is 1. The molecule has 2 heterocycles. The van der Waals surface area contributed by atoms with E-state index in [1.807, 2.05) is 23.0 Å². The smallest absolute Gasteiger partial charge is 0.339 e. The number of fused-ring (bicyclic) bond motifs is 2. The van der Waals surface area contributed by atoms with E-state index in [0.29, 0.717) is 32.1 Å². The van der Waals surface area contributed by atoms with E-state index in [0.717, 1.165) is 11.0 Å². The number of thiazole rings is 2. The summed E-state index contributed by atoms with van der Waals surface area (Å²) in [5.74, 6) is -0.456. The highest BCUT2D eigenvalue weighted by atomic mass is 32.2. The predicted octanol–water partition coefficient (Wildman–Crippen LogP) is 3.90. The molecule has 15 heteroatoms. The summed E-state index contributed by atoms with van der Waals surface area (Å²) >= 11 is 2.48. The molecule has 0 atom stereocenters. The van der Waals surface area contributed by atoms with Crippen LogP contribution >= 0.6 is 22.7 Å². The van der Waals surface area contributed by atoms with Crippen molar-refractivity contribution in [2.45, 2.75) is 36.7 Å². The Morgan fingerprint density at radius 1 is 0.795 bits per heavy atom. The number of hydrogen-bond acceptors (Lipinski definition) is 10. The first-order valence-electron chi connectivity index (χ1n) is 11.6. The lowest BCUT2D eigenvalue weighted by molar-refractivity contribution is 0.428. The van der Waals surface area contributed by atoms with Crippen molar-refractivity contribution in [3.63, 3.8) is 0 Å². The number of phenolic OH excluding ortho intramolecular Hbond substituents is 1. The van der Waals surface area contributed by atoms with Gasteiger partial charge < -0.3 is 18.4 Å². The summed E-state index contributed by atoms with van der Waals surface area (Å²) < 4.78 is 68.4. The SMILES string of the molecule is CCn1c(=NN=c2sc3cc(S(=O)(=O)Oc4ccccc4O)ccc3n2CC)sc2cc(S(=O)(=O)O)ccc21. The molecule has 0 spiro atoms. The number of nitrogens with zero attached hydrogens (tertiary/aromatic N) is 4. The molecule has 0 aliphatic rings. The van der Waals surface area contributed by atoms with Crippen LogP contribution in [-0.4, -0.2) is 35.6 Å². The molecule has 5 rings (SSSR count). The molecule has 11 nitrogen and oxygen atoms in total. The van der Waals surface area contributed by atoms with Crippen molar-refractivity contribution in [1.82, 2.24) is 9.13 Å². The highest BCUT2D eigenvalue weighted by Gasteiger charge is 2.20. The summed E-state index contributed by atoms with van der Waals surface area (Å²) in [4.78, 5) is 0.782. The van der Waals surface area contributed by atoms with Gasteiger partial charge in [-0.15, -0.1) is 10.2 Å². The van der Waals surface area contributed by atoms with Gasteiger partial charge in [-0.05, 0) is 62.4 Å². The molecule has 0 fully saturated rings. The topological polar surface area (TPSA) is 153 Å². The average molecular weight is 607 g/mol. The standard InChI is InChI=1S/C24H22N4O7S4/c1-3-27-17-11-9-15(38(30,31)32)13-21(17)36-23(27)25-26-24-28(4-2)18-12-10-16(14-22(18)37-24)39(33,34)35-20-8-6-5-7-19(20)29/h5-14,29H,3-4H2,1-2H3,(H,30,31,32). The highest BCUT2D eigenvalue weighted by molar-refractivity contribution is 7.87. The van der Waals surface area contributed by atoms with Crippen LogP contribution in [0.2, 0.25) is 0 Å². The van der Waals surface area contributed by atoms with Gasteiger partial charge >= 0.3 is 10.1 Å². The van der Waals surface area contributed by atoms with Gasteiger partial charge in [0.05, 0.1) is 25.3 Å². The second-order valence-corrected chi connectivity index (χ2v) is 13.2. The number of hydrogen-bond donors (Lipinski definition) is 2. The van der Waals surface area contributed by atoms with Gasteiger partial charge in [0.1, 0.15) is 4.90 Å². The Morgan fingerprint density at radius 3 is 1.82 bits per heavy atom. The van der Waals surface area contributed by atoms with Gasteiger partial charge in [0.25, 0.3) is 10.1 Å². The third kappa shape index (κ3) is 5.23. The van der Waals surface area contributed by atoms with Gasteiger partial charge in [-0.25, -0.2) is 0 Å². The van der Waals surface area contributed by atoms with E-state index in [9.17, 15) is 26.5 Å². The fourth-order valence-corrected chi connectivity index (χ4v) is 7.76. The van der Waals surface area contributed by atoms with Crippen molar-refractivity contribution in [2.24, 2.45) is 10.2 Å². The fraction of sp³-hybridized carbons (Fsp3) is 0.167. The van der Waals surface area contributed by atoms with Crippen LogP contribution in [-0.2, 0) is 33.3 Å². The maximum absolute atomic E-state index is 12.9. The van der Waals surface area contributed by atoms with E-state index < -0.39 is 20.2 Å². The van der Waals surface area contributed by atoms with Crippen molar-refractivity contribution in [3.8, 4) is 11.5 Å². The van der Waals surface area contributed by atoms with Gasteiger partial charge in [0, 0.05) is 13.1 Å². The summed E-state index contributed by atoms with van der Waals surface area (Å²) in [6.07, 6.45) is 0. The van der Waals surface area contributed by atoms with Crippen LogP contribution in [0, 0.1) is 0 Å². The number of aromatic nitrogens is 2. The van der Waals surface area contributed by atoms with Gasteiger partial charge in [0.15, 0.2) is 11.5 Å². The zero-order chi connectivity index (χ0) is 27.9. The van der Waals surface area contributed by atoms with Crippen molar-refractivity contribution in [3.05, 3.63) is 70.3 Å². The zero-order valence-corrected chi connectivity index (χ0v) is 23.8. The molecule has 204 valence electrons. The minimum Gasteiger partial charge on any atom is -0.504 e. The highest BCUT2D eigenvalue weighted by Crippen LogP contribution is 2.29. The molecular weight excluding hydrogens is 585 g/mol. The molecule has 2 aromatic heterocycles. The first kappa shape index (κ1) is 27.1. The summed E-state index contributed by atoms with van der Waals surface area (Å²) in [6.45, 7) is 4.96. The van der Waals surface area contributed by atoms with E-state index >= 15 is 0 Å². The molecule has 39 heavy (non-hydrogen) atoms. The lowest BCUT2D eigenvalue weighted by Crippen LogP contribution is -2.16. The predicted molar refractivity (Wildman–Crippen MR) is 148 cm³/mol. The van der Waals surface area contributed by atoms with Crippen LogP contribution in [0.3, 0.4) is 0 Å². The monoisotopic (exact) mass is 606 g/mol.